The van der Waals surface area contributed by atoms with Crippen molar-refractivity contribution in [1.82, 2.24) is 18.3 Å². The molecule has 0 aliphatic heterocycles. The minimum absolute atomic E-state index is 0. The summed E-state index contributed by atoms with van der Waals surface area (Å²) in [7, 11) is 0. The Morgan fingerprint density at radius 3 is 1.16 bits per heavy atom. The third kappa shape index (κ3) is 5.98. The Balaban J connectivity index is 0.00000256. The quantitative estimate of drug-likeness (QED) is 0.288. The van der Waals surface area contributed by atoms with Crippen molar-refractivity contribution in [2.24, 2.45) is 0 Å². The van der Waals surface area contributed by atoms with Gasteiger partial charge in [0.05, 0.1) is 0 Å². The van der Waals surface area contributed by atoms with Crippen LogP contribution in [-0.4, -0.2) is 22.9 Å². The molecule has 4 nitrogen and oxygen atoms in total. The van der Waals surface area contributed by atoms with Crippen molar-refractivity contribution in [3.05, 3.63) is 68.7 Å². The third-order valence-corrected chi connectivity index (χ3v) is 9.74. The van der Waals surface area contributed by atoms with E-state index in [9.17, 15) is 0 Å². The second-order valence-electron chi connectivity index (χ2n) is 8.92. The fourth-order valence-electron chi connectivity index (χ4n) is 3.50. The molecule has 0 saturated carbocycles. The van der Waals surface area contributed by atoms with Crippen LogP contribution in [0, 0.1) is 8.03 Å². The second kappa shape index (κ2) is 12.3. The van der Waals surface area contributed by atoms with E-state index in [-0.39, 0.29) is 24.8 Å². The van der Waals surface area contributed by atoms with Crippen molar-refractivity contribution in [1.29, 1.82) is 0 Å². The first-order valence-electron chi connectivity index (χ1n) is 11.0. The molecule has 32 heavy (non-hydrogen) atoms. The predicted molar refractivity (Wildman–Crippen MR) is 139 cm³/mol. The third-order valence-electron chi connectivity index (χ3n) is 5.19. The Morgan fingerprint density at radius 1 is 0.562 bits per heavy atom. The minimum Gasteiger partial charge on any atom is -0.147 e. The smallest absolute Gasteiger partial charge is 0.147 e. The molecule has 2 heterocycles. The zero-order chi connectivity index (χ0) is 22.0. The molecule has 0 N–H and O–H groups in total. The average molecular weight is 569 g/mol. The molecule has 0 atom stereocenters. The van der Waals surface area contributed by atoms with E-state index in [4.69, 9.17) is 0 Å². The van der Waals surface area contributed by atoms with Crippen molar-refractivity contribution in [3.8, 4) is 0 Å². The maximum absolute atomic E-state index is 2.57. The Kier molecular flexibility index (Phi) is 11.0. The summed E-state index contributed by atoms with van der Waals surface area (Å²) in [5, 5.41) is 0. The summed E-state index contributed by atoms with van der Waals surface area (Å²) in [5.41, 5.74) is 1.31. The molecule has 0 aliphatic rings. The fourth-order valence-corrected chi connectivity index (χ4v) is 9.46. The van der Waals surface area contributed by atoms with Crippen LogP contribution in [0.1, 0.15) is 85.1 Å². The van der Waals surface area contributed by atoms with Gasteiger partial charge in [0.25, 0.3) is 0 Å². The Labute approximate surface area is 209 Å². The molecular formula is C25H40Cl2N4Ru. The van der Waals surface area contributed by atoms with E-state index in [1.54, 1.807) is 0 Å². The molecule has 7 heteroatoms. The molecule has 0 aliphatic carbocycles. The van der Waals surface area contributed by atoms with Crippen LogP contribution in [0.4, 0.5) is 0 Å². The largest absolute Gasteiger partial charge is 0.147 e. The average Bonchev–Trinajstić information content (AvgIpc) is 3.32. The van der Waals surface area contributed by atoms with Gasteiger partial charge in [-0.25, -0.2) is 0 Å². The zero-order valence-corrected chi connectivity index (χ0v) is 23.9. The van der Waals surface area contributed by atoms with Crippen molar-refractivity contribution < 1.29 is 14.6 Å². The van der Waals surface area contributed by atoms with Gasteiger partial charge in [0, 0.05) is 0 Å². The number of nitrogens with zero attached hydrogens (tertiary/aromatic N) is 4. The summed E-state index contributed by atoms with van der Waals surface area (Å²) in [6.45, 7) is 18.3. The number of hydrogen-bond acceptors (Lipinski definition) is 0. The van der Waals surface area contributed by atoms with Crippen molar-refractivity contribution >= 4 is 29.4 Å². The van der Waals surface area contributed by atoms with Gasteiger partial charge in [0.1, 0.15) is 0 Å². The molecule has 3 aromatic rings. The van der Waals surface area contributed by atoms with E-state index in [1.165, 1.54) is 13.6 Å². The summed E-state index contributed by atoms with van der Waals surface area (Å²) in [6.07, 6.45) is 9.12. The van der Waals surface area contributed by atoms with Gasteiger partial charge in [-0.15, -0.1) is 24.8 Å². The molecular weight excluding hydrogens is 528 g/mol. The Hall–Kier alpha value is -1.29. The molecule has 182 valence electrons. The normalized spacial score (nSPS) is 11.4. The van der Waals surface area contributed by atoms with Gasteiger partial charge >= 0.3 is 186 Å². The number of benzene rings is 1. The van der Waals surface area contributed by atoms with Crippen LogP contribution in [0.15, 0.2) is 55.1 Å². The van der Waals surface area contributed by atoms with E-state index in [0.29, 0.717) is 24.2 Å². The number of halogens is 2. The van der Waals surface area contributed by atoms with E-state index < -0.39 is 14.6 Å². The molecule has 0 amide bonds. The van der Waals surface area contributed by atoms with E-state index >= 15 is 0 Å². The van der Waals surface area contributed by atoms with Gasteiger partial charge in [-0.05, 0) is 0 Å². The van der Waals surface area contributed by atoms with Gasteiger partial charge in [0.15, 0.2) is 0 Å². The van der Waals surface area contributed by atoms with Gasteiger partial charge in [0.2, 0.25) is 0 Å². The van der Waals surface area contributed by atoms with Crippen molar-refractivity contribution in [2.45, 2.75) is 79.6 Å². The summed E-state index contributed by atoms with van der Waals surface area (Å²) < 4.78 is 15.5. The Bertz CT molecular complexity index is 1090. The molecule has 0 radical (unpaired) electrons. The SMILES string of the molecule is CC(C)n1ccn(C(C)C)[c]1=[Ru](=[CH]c1ccccc1)=[c]1n(C(C)C)ccn1C(C)C.Cl.Cl. The van der Waals surface area contributed by atoms with Crippen LogP contribution in [0.25, 0.3) is 0 Å². The standard InChI is InChI=1S/2C9H16N2.C7H6.2ClH.Ru/c2*1-8(2)10-5-6-11(7-10)9(3)4;1-7-5-3-2-4-6-7;;;/h2*5-6,8-9H,1-4H3;1-6H;2*1H;. The van der Waals surface area contributed by atoms with Crippen LogP contribution in [0.3, 0.4) is 0 Å². The number of rotatable bonds is 5. The van der Waals surface area contributed by atoms with Crippen LogP contribution in [0.2, 0.25) is 0 Å². The van der Waals surface area contributed by atoms with E-state index in [1.807, 2.05) is 0 Å². The molecule has 0 saturated heterocycles. The first-order chi connectivity index (χ1) is 14.2. The van der Waals surface area contributed by atoms with Crippen molar-refractivity contribution in [3.63, 3.8) is 0 Å². The monoisotopic (exact) mass is 568 g/mol. The van der Waals surface area contributed by atoms with Crippen LogP contribution in [0.5, 0.6) is 0 Å². The number of hydrogen-bond donors (Lipinski definition) is 0. The fraction of sp³-hybridized carbons (Fsp3) is 0.480. The van der Waals surface area contributed by atoms with Gasteiger partial charge < -0.3 is 0 Å². The second-order valence-corrected chi connectivity index (χ2v) is 12.4. The van der Waals surface area contributed by atoms with Gasteiger partial charge in [-0.2, -0.15) is 0 Å². The number of imidazole rings is 2. The van der Waals surface area contributed by atoms with Crippen LogP contribution >= 0.6 is 24.8 Å². The van der Waals surface area contributed by atoms with Crippen LogP contribution in [-0.2, 0) is 14.6 Å². The maximum atomic E-state index is 2.57. The molecule has 2 aromatic heterocycles. The molecule has 0 bridgehead atoms. The first-order valence-corrected chi connectivity index (χ1v) is 13.7. The van der Waals surface area contributed by atoms with Crippen molar-refractivity contribution in [2.75, 3.05) is 0 Å². The molecule has 1 aromatic carbocycles. The first kappa shape index (κ1) is 28.7. The Morgan fingerprint density at radius 2 is 0.875 bits per heavy atom. The number of aromatic nitrogens is 4. The topological polar surface area (TPSA) is 19.7 Å². The van der Waals surface area contributed by atoms with Gasteiger partial charge in [-0.3, -0.25) is 0 Å². The van der Waals surface area contributed by atoms with E-state index in [2.05, 4.69) is 133 Å². The minimum atomic E-state index is -1.79. The summed E-state index contributed by atoms with van der Waals surface area (Å²) in [4.78, 5) is 0. The van der Waals surface area contributed by atoms with Crippen LogP contribution < -0.4 is 0 Å². The molecule has 0 spiro atoms. The molecule has 0 unspecified atom stereocenters. The summed E-state index contributed by atoms with van der Waals surface area (Å²) >= 11 is -1.79. The van der Waals surface area contributed by atoms with E-state index in [0.717, 1.165) is 0 Å². The summed E-state index contributed by atoms with van der Waals surface area (Å²) in [6, 6.07) is 12.6. The predicted octanol–water partition coefficient (Wildman–Crippen LogP) is 7.29. The summed E-state index contributed by atoms with van der Waals surface area (Å²) in [5.74, 6) is 0. The maximum Gasteiger partial charge on any atom is -0.147 e. The molecule has 3 rings (SSSR count). The zero-order valence-electron chi connectivity index (χ0n) is 20.5. The molecule has 0 fully saturated rings. The van der Waals surface area contributed by atoms with Gasteiger partial charge in [-0.1, -0.05) is 0 Å².